The Kier molecular flexibility index (Phi) is 5.21. The predicted octanol–water partition coefficient (Wildman–Crippen LogP) is 3.10. The summed E-state index contributed by atoms with van der Waals surface area (Å²) in [6.07, 6.45) is 1.88. The van der Waals surface area contributed by atoms with Gasteiger partial charge in [-0.15, -0.1) is 0 Å². The van der Waals surface area contributed by atoms with E-state index in [1.807, 2.05) is 25.1 Å². The second-order valence-electron chi connectivity index (χ2n) is 4.77. The second-order valence-corrected chi connectivity index (χ2v) is 4.77. The maximum atomic E-state index is 11.9. The zero-order valence-corrected chi connectivity index (χ0v) is 11.9. The molecular formula is C17H17NO3. The van der Waals surface area contributed by atoms with Crippen LogP contribution in [0.4, 0.5) is 0 Å². The first-order valence-corrected chi connectivity index (χ1v) is 6.80. The molecule has 0 saturated carbocycles. The molecule has 1 aromatic carbocycles. The third-order valence-corrected chi connectivity index (χ3v) is 3.04. The molecular weight excluding hydrogens is 266 g/mol. The molecule has 0 N–H and O–H groups in total. The monoisotopic (exact) mass is 283 g/mol. The average Bonchev–Trinajstić information content (AvgIpc) is 2.52. The average molecular weight is 283 g/mol. The molecule has 0 radical (unpaired) electrons. The van der Waals surface area contributed by atoms with Crippen molar-refractivity contribution in [1.29, 1.82) is 0 Å². The van der Waals surface area contributed by atoms with Crippen molar-refractivity contribution < 1.29 is 14.3 Å². The zero-order valence-electron chi connectivity index (χ0n) is 11.9. The van der Waals surface area contributed by atoms with Gasteiger partial charge in [0.25, 0.3) is 0 Å². The van der Waals surface area contributed by atoms with Crippen molar-refractivity contribution in [3.05, 3.63) is 65.5 Å². The third-order valence-electron chi connectivity index (χ3n) is 3.04. The van der Waals surface area contributed by atoms with Gasteiger partial charge in [-0.05, 0) is 19.1 Å². The van der Waals surface area contributed by atoms with E-state index in [2.05, 4.69) is 4.98 Å². The molecule has 2 aromatic rings. The van der Waals surface area contributed by atoms with Gasteiger partial charge in [-0.2, -0.15) is 0 Å². The van der Waals surface area contributed by atoms with Gasteiger partial charge in [0.2, 0.25) is 0 Å². The van der Waals surface area contributed by atoms with Crippen molar-refractivity contribution in [2.75, 3.05) is 0 Å². The van der Waals surface area contributed by atoms with Gasteiger partial charge in [-0.1, -0.05) is 35.9 Å². The lowest BCUT2D eigenvalue weighted by Crippen LogP contribution is -2.08. The van der Waals surface area contributed by atoms with Crippen molar-refractivity contribution in [3.63, 3.8) is 0 Å². The van der Waals surface area contributed by atoms with Gasteiger partial charge in [-0.25, -0.2) is 0 Å². The summed E-state index contributed by atoms with van der Waals surface area (Å²) in [4.78, 5) is 27.6. The van der Waals surface area contributed by atoms with Gasteiger partial charge < -0.3 is 4.74 Å². The normalized spacial score (nSPS) is 10.1. The molecule has 1 heterocycles. The number of carbonyl (C=O) groups is 2. The van der Waals surface area contributed by atoms with Crippen LogP contribution >= 0.6 is 0 Å². The van der Waals surface area contributed by atoms with E-state index in [4.69, 9.17) is 4.74 Å². The molecule has 21 heavy (non-hydrogen) atoms. The third kappa shape index (κ3) is 4.84. The summed E-state index contributed by atoms with van der Waals surface area (Å²) in [6, 6.07) is 12.7. The van der Waals surface area contributed by atoms with Crippen LogP contribution in [0, 0.1) is 6.92 Å². The van der Waals surface area contributed by atoms with Crippen LogP contribution < -0.4 is 0 Å². The van der Waals surface area contributed by atoms with Gasteiger partial charge in [-0.3, -0.25) is 14.6 Å². The number of nitrogens with zero attached hydrogens (tertiary/aromatic N) is 1. The minimum atomic E-state index is -0.388. The number of aromatic nitrogens is 1. The Balaban J connectivity index is 1.76. The largest absolute Gasteiger partial charge is 0.459 e. The number of aryl methyl sites for hydroxylation is 1. The highest BCUT2D eigenvalue weighted by Gasteiger charge is 2.10. The number of ketones is 1. The SMILES string of the molecule is Cc1ccc(C(=O)CCC(=O)OCc2ccccn2)cc1. The molecule has 0 saturated heterocycles. The Morgan fingerprint density at radius 3 is 2.48 bits per heavy atom. The molecule has 0 amide bonds. The number of pyridine rings is 1. The quantitative estimate of drug-likeness (QED) is 0.604. The Morgan fingerprint density at radius 2 is 1.81 bits per heavy atom. The predicted molar refractivity (Wildman–Crippen MR) is 78.8 cm³/mol. The van der Waals surface area contributed by atoms with Crippen molar-refractivity contribution in [3.8, 4) is 0 Å². The van der Waals surface area contributed by atoms with Gasteiger partial charge in [0.05, 0.1) is 12.1 Å². The number of hydrogen-bond donors (Lipinski definition) is 0. The summed E-state index contributed by atoms with van der Waals surface area (Å²) in [5.74, 6) is -0.439. The van der Waals surface area contributed by atoms with E-state index in [9.17, 15) is 9.59 Å². The lowest BCUT2D eigenvalue weighted by Gasteiger charge is -2.04. The van der Waals surface area contributed by atoms with Gasteiger partial charge in [0.1, 0.15) is 6.61 Å². The van der Waals surface area contributed by atoms with Crippen molar-refractivity contribution >= 4 is 11.8 Å². The number of hydrogen-bond acceptors (Lipinski definition) is 4. The maximum absolute atomic E-state index is 11.9. The number of ether oxygens (including phenoxy) is 1. The molecule has 0 spiro atoms. The van der Waals surface area contributed by atoms with Crippen LogP contribution in [-0.2, 0) is 16.1 Å². The van der Waals surface area contributed by atoms with E-state index in [0.29, 0.717) is 11.3 Å². The second kappa shape index (κ2) is 7.33. The fraction of sp³-hybridized carbons (Fsp3) is 0.235. The molecule has 0 fully saturated rings. The topological polar surface area (TPSA) is 56.3 Å². The molecule has 4 nitrogen and oxygen atoms in total. The smallest absolute Gasteiger partial charge is 0.306 e. The molecule has 0 unspecified atom stereocenters. The van der Waals surface area contributed by atoms with E-state index >= 15 is 0 Å². The molecule has 0 bridgehead atoms. The number of Topliss-reactive ketones (excluding diaryl/α,β-unsaturated/α-hetero) is 1. The molecule has 0 atom stereocenters. The van der Waals surface area contributed by atoms with Crippen LogP contribution in [0.3, 0.4) is 0 Å². The summed E-state index contributed by atoms with van der Waals surface area (Å²) in [6.45, 7) is 2.10. The summed E-state index contributed by atoms with van der Waals surface area (Å²) in [7, 11) is 0. The van der Waals surface area contributed by atoms with Crippen LogP contribution in [0.15, 0.2) is 48.7 Å². The molecule has 108 valence electrons. The van der Waals surface area contributed by atoms with E-state index in [0.717, 1.165) is 5.56 Å². The lowest BCUT2D eigenvalue weighted by molar-refractivity contribution is -0.145. The number of esters is 1. The number of benzene rings is 1. The summed E-state index contributed by atoms with van der Waals surface area (Å²) in [5, 5.41) is 0. The first-order valence-electron chi connectivity index (χ1n) is 6.80. The molecule has 1 aromatic heterocycles. The molecule has 0 aliphatic heterocycles. The van der Waals surface area contributed by atoms with Crippen LogP contribution in [-0.4, -0.2) is 16.7 Å². The van der Waals surface area contributed by atoms with E-state index < -0.39 is 0 Å². The molecule has 2 rings (SSSR count). The van der Waals surface area contributed by atoms with Gasteiger partial charge >= 0.3 is 5.97 Å². The summed E-state index contributed by atoms with van der Waals surface area (Å²) in [5.41, 5.74) is 2.41. The fourth-order valence-corrected chi connectivity index (χ4v) is 1.81. The van der Waals surface area contributed by atoms with Crippen LogP contribution in [0.5, 0.6) is 0 Å². The molecule has 0 aliphatic rings. The fourth-order valence-electron chi connectivity index (χ4n) is 1.81. The minimum Gasteiger partial charge on any atom is -0.459 e. The van der Waals surface area contributed by atoms with E-state index in [1.165, 1.54) is 0 Å². The van der Waals surface area contributed by atoms with E-state index in [1.54, 1.807) is 30.5 Å². The Bertz CT molecular complexity index is 606. The zero-order chi connectivity index (χ0) is 15.1. The van der Waals surface area contributed by atoms with Crippen molar-refractivity contribution in [1.82, 2.24) is 4.98 Å². The van der Waals surface area contributed by atoms with Crippen LogP contribution in [0.2, 0.25) is 0 Å². The van der Waals surface area contributed by atoms with Gasteiger partial charge in [0.15, 0.2) is 5.78 Å². The van der Waals surface area contributed by atoms with Crippen LogP contribution in [0.1, 0.15) is 34.5 Å². The molecule has 4 heteroatoms. The Hall–Kier alpha value is -2.49. The van der Waals surface area contributed by atoms with E-state index in [-0.39, 0.29) is 31.2 Å². The standard InChI is InChI=1S/C17H17NO3/c1-13-5-7-14(8-6-13)16(19)9-10-17(20)21-12-15-4-2-3-11-18-15/h2-8,11H,9-10,12H2,1H3. The highest BCUT2D eigenvalue weighted by atomic mass is 16.5. The highest BCUT2D eigenvalue weighted by Crippen LogP contribution is 2.08. The van der Waals surface area contributed by atoms with Crippen molar-refractivity contribution in [2.24, 2.45) is 0 Å². The van der Waals surface area contributed by atoms with Crippen molar-refractivity contribution in [2.45, 2.75) is 26.4 Å². The molecule has 0 aliphatic carbocycles. The lowest BCUT2D eigenvalue weighted by atomic mass is 10.1. The number of carbonyl (C=O) groups excluding carboxylic acids is 2. The Labute approximate surface area is 123 Å². The Morgan fingerprint density at radius 1 is 1.05 bits per heavy atom. The highest BCUT2D eigenvalue weighted by molar-refractivity contribution is 5.97. The number of rotatable bonds is 6. The summed E-state index contributed by atoms with van der Waals surface area (Å²) < 4.78 is 5.08. The van der Waals surface area contributed by atoms with Crippen LogP contribution in [0.25, 0.3) is 0 Å². The van der Waals surface area contributed by atoms with Gasteiger partial charge in [0, 0.05) is 18.2 Å². The summed E-state index contributed by atoms with van der Waals surface area (Å²) >= 11 is 0. The first kappa shape index (κ1) is 14.9. The minimum absolute atomic E-state index is 0.0511. The first-order chi connectivity index (χ1) is 10.1. The maximum Gasteiger partial charge on any atom is 0.306 e.